The molecule has 0 aromatic heterocycles. The van der Waals surface area contributed by atoms with Crippen molar-refractivity contribution in [1.82, 2.24) is 0 Å². The van der Waals surface area contributed by atoms with Crippen molar-refractivity contribution in [2.75, 3.05) is 13.2 Å². The number of benzene rings is 2. The largest absolute Gasteiger partial charge is 0.377 e. The molecular weight excluding hydrogens is 384 g/mol. The maximum atomic E-state index is 12.1. The van der Waals surface area contributed by atoms with E-state index in [1.807, 2.05) is 0 Å². The van der Waals surface area contributed by atoms with E-state index in [1.165, 1.54) is 0 Å². The van der Waals surface area contributed by atoms with Crippen molar-refractivity contribution in [1.29, 1.82) is 0 Å². The molecule has 0 amide bonds. The van der Waals surface area contributed by atoms with Gasteiger partial charge in [-0.05, 0) is 29.7 Å². The van der Waals surface area contributed by atoms with Gasteiger partial charge in [-0.15, -0.1) is 10.1 Å². The third-order valence-electron chi connectivity index (χ3n) is 3.42. The van der Waals surface area contributed by atoms with Crippen molar-refractivity contribution in [3.05, 3.63) is 63.2 Å². The van der Waals surface area contributed by atoms with Crippen molar-refractivity contribution in [2.24, 2.45) is 5.14 Å². The molecule has 10 heteroatoms. The fourth-order valence-corrected chi connectivity index (χ4v) is 3.48. The summed E-state index contributed by atoms with van der Waals surface area (Å²) in [5, 5.41) is 15.1. The first-order chi connectivity index (χ1) is 12.3. The van der Waals surface area contributed by atoms with E-state index in [0.717, 1.165) is 0 Å². The summed E-state index contributed by atoms with van der Waals surface area (Å²) in [7, 11) is -4.01. The van der Waals surface area contributed by atoms with Gasteiger partial charge in [0.05, 0.1) is 18.1 Å². The van der Waals surface area contributed by atoms with Crippen LogP contribution in [-0.2, 0) is 26.2 Å². The van der Waals surface area contributed by atoms with E-state index >= 15 is 0 Å². The number of hydrogen-bond donors (Lipinski definition) is 1. The first-order valence-electron chi connectivity index (χ1n) is 7.54. The monoisotopic (exact) mass is 400 g/mol. The standard InChI is InChI=1S/C16H17ClN2O6S/c17-14-7-5-12(6-8-14)15-4-1-3-13(16(15)26(18,22)23)11-24-9-2-10-25-19(20)21/h1,3-8H,2,9-11H2,(H2,18,22,23). The van der Waals surface area contributed by atoms with Crippen LogP contribution in [0.3, 0.4) is 0 Å². The van der Waals surface area contributed by atoms with E-state index in [4.69, 9.17) is 21.5 Å². The zero-order chi connectivity index (χ0) is 19.2. The van der Waals surface area contributed by atoms with Crippen LogP contribution in [0.4, 0.5) is 0 Å². The highest BCUT2D eigenvalue weighted by Gasteiger charge is 2.20. The Bertz CT molecular complexity index is 871. The first kappa shape index (κ1) is 20.1. The third kappa shape index (κ3) is 5.67. The predicted octanol–water partition coefficient (Wildman–Crippen LogP) is 2.77. The lowest BCUT2D eigenvalue weighted by Gasteiger charge is -2.14. The minimum atomic E-state index is -4.01. The molecule has 0 radical (unpaired) electrons. The molecule has 0 fully saturated rings. The van der Waals surface area contributed by atoms with Gasteiger partial charge in [-0.3, -0.25) is 0 Å². The second-order valence-corrected chi connectivity index (χ2v) is 7.24. The van der Waals surface area contributed by atoms with Crippen molar-refractivity contribution >= 4 is 21.6 Å². The fraction of sp³-hybridized carbons (Fsp3) is 0.250. The Morgan fingerprint density at radius 3 is 2.42 bits per heavy atom. The van der Waals surface area contributed by atoms with E-state index < -0.39 is 15.1 Å². The van der Waals surface area contributed by atoms with Gasteiger partial charge in [-0.2, -0.15) is 0 Å². The van der Waals surface area contributed by atoms with Crippen molar-refractivity contribution in [2.45, 2.75) is 17.9 Å². The van der Waals surface area contributed by atoms with E-state index in [9.17, 15) is 18.5 Å². The zero-order valence-corrected chi connectivity index (χ0v) is 15.2. The maximum absolute atomic E-state index is 12.1. The molecule has 0 spiro atoms. The van der Waals surface area contributed by atoms with Crippen LogP contribution in [0.15, 0.2) is 47.4 Å². The summed E-state index contributed by atoms with van der Waals surface area (Å²) in [5.74, 6) is 0. The number of nitrogens with two attached hydrogens (primary N) is 1. The molecule has 0 heterocycles. The molecule has 8 nitrogen and oxygen atoms in total. The Balaban J connectivity index is 2.20. The normalized spacial score (nSPS) is 11.3. The molecule has 26 heavy (non-hydrogen) atoms. The highest BCUT2D eigenvalue weighted by molar-refractivity contribution is 7.89. The van der Waals surface area contributed by atoms with Crippen molar-refractivity contribution < 1.29 is 23.1 Å². The van der Waals surface area contributed by atoms with E-state index in [2.05, 4.69) is 4.84 Å². The highest BCUT2D eigenvalue weighted by atomic mass is 35.5. The summed E-state index contributed by atoms with van der Waals surface area (Å²) in [6.07, 6.45) is 0.294. The predicted molar refractivity (Wildman–Crippen MR) is 95.5 cm³/mol. The Morgan fingerprint density at radius 2 is 1.81 bits per heavy atom. The molecule has 2 rings (SSSR count). The number of rotatable bonds is 9. The molecule has 0 aliphatic heterocycles. The molecule has 2 N–H and O–H groups in total. The van der Waals surface area contributed by atoms with Gasteiger partial charge in [-0.1, -0.05) is 41.9 Å². The maximum Gasteiger partial charge on any atom is 0.294 e. The van der Waals surface area contributed by atoms with E-state index in [0.29, 0.717) is 28.1 Å². The van der Waals surface area contributed by atoms with Gasteiger partial charge >= 0.3 is 0 Å². The third-order valence-corrected chi connectivity index (χ3v) is 4.73. The summed E-state index contributed by atoms with van der Waals surface area (Å²) in [6, 6.07) is 11.7. The van der Waals surface area contributed by atoms with Crippen molar-refractivity contribution in [3.8, 4) is 11.1 Å². The molecule has 0 unspecified atom stereocenters. The molecule has 0 bridgehead atoms. The lowest BCUT2D eigenvalue weighted by Crippen LogP contribution is -2.16. The number of ether oxygens (including phenoxy) is 1. The molecule has 0 saturated carbocycles. The SMILES string of the molecule is NS(=O)(=O)c1c(COCCCO[N+](=O)[O-])cccc1-c1ccc(Cl)cc1. The minimum Gasteiger partial charge on any atom is -0.377 e. The van der Waals surface area contributed by atoms with Crippen molar-refractivity contribution in [3.63, 3.8) is 0 Å². The zero-order valence-electron chi connectivity index (χ0n) is 13.6. The summed E-state index contributed by atoms with van der Waals surface area (Å²) in [6.45, 7) is 0.0641. The van der Waals surface area contributed by atoms with Crippen LogP contribution in [0.2, 0.25) is 5.02 Å². The molecular formula is C16H17ClN2O6S. The number of sulfonamides is 1. The second kappa shape index (κ2) is 8.95. The van der Waals surface area contributed by atoms with Gasteiger partial charge in [0.2, 0.25) is 10.0 Å². The average Bonchev–Trinajstić information content (AvgIpc) is 2.57. The summed E-state index contributed by atoms with van der Waals surface area (Å²) in [5.41, 5.74) is 1.50. The second-order valence-electron chi connectivity index (χ2n) is 5.31. The van der Waals surface area contributed by atoms with Crippen LogP contribution in [-0.4, -0.2) is 26.7 Å². The van der Waals surface area contributed by atoms with Gasteiger partial charge < -0.3 is 9.57 Å². The number of halogens is 1. The average molecular weight is 401 g/mol. The molecule has 0 atom stereocenters. The first-order valence-corrected chi connectivity index (χ1v) is 9.47. The van der Waals surface area contributed by atoms with Gasteiger partial charge in [0.1, 0.15) is 0 Å². The van der Waals surface area contributed by atoms with Crippen LogP contribution in [0.5, 0.6) is 0 Å². The van der Waals surface area contributed by atoms with Gasteiger partial charge in [0.15, 0.2) is 0 Å². The number of primary sulfonamides is 1. The fourth-order valence-electron chi connectivity index (χ4n) is 2.37. The number of hydrogen-bond acceptors (Lipinski definition) is 6. The van der Waals surface area contributed by atoms with E-state index in [-0.39, 0.29) is 24.7 Å². The smallest absolute Gasteiger partial charge is 0.294 e. The van der Waals surface area contributed by atoms with Gasteiger partial charge in [0.25, 0.3) is 5.09 Å². The molecule has 140 valence electrons. The highest BCUT2D eigenvalue weighted by Crippen LogP contribution is 2.30. The van der Waals surface area contributed by atoms with Gasteiger partial charge in [-0.25, -0.2) is 13.6 Å². The van der Waals surface area contributed by atoms with Crippen LogP contribution < -0.4 is 5.14 Å². The van der Waals surface area contributed by atoms with Crippen LogP contribution in [0.25, 0.3) is 11.1 Å². The molecule has 2 aromatic rings. The van der Waals surface area contributed by atoms with E-state index in [1.54, 1.807) is 42.5 Å². The molecule has 0 aliphatic rings. The Kier molecular flexibility index (Phi) is 6.92. The quantitative estimate of drug-likeness (QED) is 0.392. The molecule has 2 aromatic carbocycles. The number of nitrogens with zero attached hydrogens (tertiary/aromatic N) is 1. The van der Waals surface area contributed by atoms with Gasteiger partial charge in [0, 0.05) is 17.2 Å². The van der Waals surface area contributed by atoms with Crippen LogP contribution in [0, 0.1) is 10.1 Å². The molecule has 0 aliphatic carbocycles. The summed E-state index contributed by atoms with van der Waals surface area (Å²) in [4.78, 5) is 14.2. The summed E-state index contributed by atoms with van der Waals surface area (Å²) < 4.78 is 29.7. The lowest BCUT2D eigenvalue weighted by molar-refractivity contribution is -0.757. The Hall–Kier alpha value is -2.20. The summed E-state index contributed by atoms with van der Waals surface area (Å²) >= 11 is 5.87. The Morgan fingerprint density at radius 1 is 1.12 bits per heavy atom. The van der Waals surface area contributed by atoms with Crippen LogP contribution in [0.1, 0.15) is 12.0 Å². The topological polar surface area (TPSA) is 122 Å². The molecule has 0 saturated heterocycles. The Labute approximate surface area is 155 Å². The van der Waals surface area contributed by atoms with Crippen LogP contribution >= 0.6 is 11.6 Å². The minimum absolute atomic E-state index is 0.00828. The lowest BCUT2D eigenvalue weighted by atomic mass is 10.0.